The summed E-state index contributed by atoms with van der Waals surface area (Å²) in [4.78, 5) is 1.27. The minimum atomic E-state index is 0.739. The first-order valence-electron chi connectivity index (χ1n) is 3.97. The molecule has 0 atom stereocenters. The first-order chi connectivity index (χ1) is 5.84. The molecule has 1 aromatic carbocycles. The fraction of sp³-hybridized carbons (Fsp3) is 0.333. The molecule has 12 heavy (non-hydrogen) atoms. The lowest BCUT2D eigenvalue weighted by molar-refractivity contribution is 0.544. The Balaban J connectivity index is 2.02. The van der Waals surface area contributed by atoms with E-state index < -0.39 is 0 Å². The largest absolute Gasteiger partial charge is 0.314 e. The van der Waals surface area contributed by atoms with E-state index in [0.717, 1.165) is 23.4 Å². The summed E-state index contributed by atoms with van der Waals surface area (Å²) >= 11 is 7.76. The third kappa shape index (κ3) is 1.94. The molecule has 0 spiro atoms. The summed E-state index contributed by atoms with van der Waals surface area (Å²) in [5.41, 5.74) is 0. The van der Waals surface area contributed by atoms with Crippen molar-refractivity contribution < 1.29 is 0 Å². The SMILES string of the molecule is Clc1cccc(SC2CNC2)c1. The van der Waals surface area contributed by atoms with Gasteiger partial charge in [-0.25, -0.2) is 0 Å². The van der Waals surface area contributed by atoms with E-state index in [2.05, 4.69) is 11.4 Å². The molecular weight excluding hydrogens is 190 g/mol. The lowest BCUT2D eigenvalue weighted by atomic mass is 10.3. The van der Waals surface area contributed by atoms with E-state index in [-0.39, 0.29) is 0 Å². The summed E-state index contributed by atoms with van der Waals surface area (Å²) in [5.74, 6) is 0. The van der Waals surface area contributed by atoms with Gasteiger partial charge in [-0.05, 0) is 18.2 Å². The van der Waals surface area contributed by atoms with Gasteiger partial charge in [0.25, 0.3) is 0 Å². The summed E-state index contributed by atoms with van der Waals surface area (Å²) in [6.45, 7) is 2.24. The molecule has 0 saturated carbocycles. The number of nitrogens with one attached hydrogen (secondary N) is 1. The van der Waals surface area contributed by atoms with Gasteiger partial charge in [-0.3, -0.25) is 0 Å². The number of halogens is 1. The van der Waals surface area contributed by atoms with Crippen LogP contribution in [0.25, 0.3) is 0 Å². The molecule has 0 unspecified atom stereocenters. The molecule has 0 radical (unpaired) electrons. The maximum Gasteiger partial charge on any atom is 0.0417 e. The van der Waals surface area contributed by atoms with Crippen LogP contribution in [-0.4, -0.2) is 18.3 Å². The Hall–Kier alpha value is -0.180. The summed E-state index contributed by atoms with van der Waals surface area (Å²) in [6, 6.07) is 8.03. The van der Waals surface area contributed by atoms with Gasteiger partial charge in [-0.15, -0.1) is 11.8 Å². The monoisotopic (exact) mass is 199 g/mol. The Kier molecular flexibility index (Phi) is 2.59. The van der Waals surface area contributed by atoms with Crippen molar-refractivity contribution in [2.45, 2.75) is 10.1 Å². The summed E-state index contributed by atoms with van der Waals surface area (Å²) in [7, 11) is 0. The molecule has 0 aromatic heterocycles. The molecule has 1 aliphatic heterocycles. The predicted molar refractivity (Wildman–Crippen MR) is 54.0 cm³/mol. The van der Waals surface area contributed by atoms with Gasteiger partial charge in [0, 0.05) is 28.3 Å². The molecule has 1 fully saturated rings. The van der Waals surface area contributed by atoms with Crippen molar-refractivity contribution in [2.24, 2.45) is 0 Å². The molecule has 0 aliphatic carbocycles. The van der Waals surface area contributed by atoms with Crippen LogP contribution >= 0.6 is 23.4 Å². The summed E-state index contributed by atoms with van der Waals surface area (Å²) in [5, 5.41) is 4.81. The highest BCUT2D eigenvalue weighted by Gasteiger charge is 2.17. The van der Waals surface area contributed by atoms with Crippen LogP contribution in [0.5, 0.6) is 0 Å². The van der Waals surface area contributed by atoms with Crippen LogP contribution in [0, 0.1) is 0 Å². The fourth-order valence-electron chi connectivity index (χ4n) is 1.08. The van der Waals surface area contributed by atoms with Crippen LogP contribution < -0.4 is 5.32 Å². The molecule has 1 nitrogen and oxygen atoms in total. The molecule has 3 heteroatoms. The molecular formula is C9H10ClNS. The third-order valence-electron chi connectivity index (χ3n) is 1.84. The van der Waals surface area contributed by atoms with Crippen molar-refractivity contribution in [2.75, 3.05) is 13.1 Å². The van der Waals surface area contributed by atoms with Gasteiger partial charge in [0.1, 0.15) is 0 Å². The first kappa shape index (κ1) is 8.42. The van der Waals surface area contributed by atoms with Crippen molar-refractivity contribution in [1.29, 1.82) is 0 Å². The molecule has 1 aromatic rings. The van der Waals surface area contributed by atoms with Gasteiger partial charge in [-0.1, -0.05) is 17.7 Å². The Morgan fingerprint density at radius 1 is 1.42 bits per heavy atom. The molecule has 2 rings (SSSR count). The summed E-state index contributed by atoms with van der Waals surface area (Å²) < 4.78 is 0. The van der Waals surface area contributed by atoms with E-state index >= 15 is 0 Å². The second kappa shape index (κ2) is 3.69. The Bertz CT molecular complexity index is 273. The molecule has 1 N–H and O–H groups in total. The second-order valence-corrected chi connectivity index (χ2v) is 4.67. The van der Waals surface area contributed by atoms with Gasteiger partial charge < -0.3 is 5.32 Å². The average molecular weight is 200 g/mol. The number of hydrogen-bond acceptors (Lipinski definition) is 2. The van der Waals surface area contributed by atoms with Crippen LogP contribution in [-0.2, 0) is 0 Å². The van der Waals surface area contributed by atoms with Crippen molar-refractivity contribution >= 4 is 23.4 Å². The molecule has 64 valence electrons. The highest BCUT2D eigenvalue weighted by Crippen LogP contribution is 2.27. The highest BCUT2D eigenvalue weighted by molar-refractivity contribution is 8.00. The minimum absolute atomic E-state index is 0.739. The van der Waals surface area contributed by atoms with E-state index in [1.807, 2.05) is 30.0 Å². The average Bonchev–Trinajstić information content (AvgIpc) is 1.97. The maximum atomic E-state index is 5.86. The lowest BCUT2D eigenvalue weighted by Crippen LogP contribution is -2.44. The number of hydrogen-bond donors (Lipinski definition) is 1. The number of rotatable bonds is 2. The highest BCUT2D eigenvalue weighted by atomic mass is 35.5. The van der Waals surface area contributed by atoms with Gasteiger partial charge in [0.15, 0.2) is 0 Å². The Labute approximate surface area is 81.5 Å². The van der Waals surface area contributed by atoms with Crippen molar-refractivity contribution in [3.8, 4) is 0 Å². The Morgan fingerprint density at radius 2 is 2.25 bits per heavy atom. The zero-order valence-electron chi connectivity index (χ0n) is 6.59. The van der Waals surface area contributed by atoms with Crippen LogP contribution in [0.3, 0.4) is 0 Å². The van der Waals surface area contributed by atoms with Crippen molar-refractivity contribution in [1.82, 2.24) is 5.32 Å². The first-order valence-corrected chi connectivity index (χ1v) is 5.23. The van der Waals surface area contributed by atoms with Gasteiger partial charge in [-0.2, -0.15) is 0 Å². The molecule has 1 aliphatic rings. The molecule has 0 bridgehead atoms. The third-order valence-corrected chi connectivity index (χ3v) is 3.27. The number of benzene rings is 1. The van der Waals surface area contributed by atoms with E-state index in [4.69, 9.17) is 11.6 Å². The fourth-order valence-corrected chi connectivity index (χ4v) is 2.47. The van der Waals surface area contributed by atoms with E-state index in [1.165, 1.54) is 4.90 Å². The van der Waals surface area contributed by atoms with Gasteiger partial charge >= 0.3 is 0 Å². The van der Waals surface area contributed by atoms with Gasteiger partial charge in [0.05, 0.1) is 0 Å². The second-order valence-electron chi connectivity index (χ2n) is 2.86. The van der Waals surface area contributed by atoms with Crippen molar-refractivity contribution in [3.63, 3.8) is 0 Å². The minimum Gasteiger partial charge on any atom is -0.314 e. The normalized spacial score (nSPS) is 17.4. The van der Waals surface area contributed by atoms with E-state index in [9.17, 15) is 0 Å². The smallest absolute Gasteiger partial charge is 0.0417 e. The Morgan fingerprint density at radius 3 is 2.83 bits per heavy atom. The van der Waals surface area contributed by atoms with E-state index in [1.54, 1.807) is 0 Å². The summed E-state index contributed by atoms with van der Waals surface area (Å²) in [6.07, 6.45) is 0. The quantitative estimate of drug-likeness (QED) is 0.785. The molecule has 0 amide bonds. The van der Waals surface area contributed by atoms with Crippen molar-refractivity contribution in [3.05, 3.63) is 29.3 Å². The van der Waals surface area contributed by atoms with E-state index in [0.29, 0.717) is 0 Å². The van der Waals surface area contributed by atoms with Crippen LogP contribution in [0.1, 0.15) is 0 Å². The zero-order valence-corrected chi connectivity index (χ0v) is 8.16. The topological polar surface area (TPSA) is 12.0 Å². The van der Waals surface area contributed by atoms with Crippen LogP contribution in [0.2, 0.25) is 5.02 Å². The predicted octanol–water partition coefficient (Wildman–Crippen LogP) is 2.40. The number of thioether (sulfide) groups is 1. The standard InChI is InChI=1S/C9H10ClNS/c10-7-2-1-3-8(4-7)12-9-5-11-6-9/h1-4,9,11H,5-6H2. The molecule has 1 heterocycles. The van der Waals surface area contributed by atoms with Gasteiger partial charge in [0.2, 0.25) is 0 Å². The van der Waals surface area contributed by atoms with Crippen LogP contribution in [0.4, 0.5) is 0 Å². The zero-order chi connectivity index (χ0) is 8.39. The molecule has 1 saturated heterocycles. The maximum absolute atomic E-state index is 5.86. The lowest BCUT2D eigenvalue weighted by Gasteiger charge is -2.26. The van der Waals surface area contributed by atoms with Crippen LogP contribution in [0.15, 0.2) is 29.2 Å².